The lowest BCUT2D eigenvalue weighted by Gasteiger charge is -2.19. The van der Waals surface area contributed by atoms with Crippen molar-refractivity contribution in [3.8, 4) is 0 Å². The van der Waals surface area contributed by atoms with Crippen molar-refractivity contribution in [1.29, 1.82) is 0 Å². The summed E-state index contributed by atoms with van der Waals surface area (Å²) in [4.78, 5) is 0. The highest BCUT2D eigenvalue weighted by molar-refractivity contribution is 9.10. The Labute approximate surface area is 136 Å². The zero-order valence-corrected chi connectivity index (χ0v) is 14.4. The van der Waals surface area contributed by atoms with Gasteiger partial charge in [0.05, 0.1) is 12.6 Å². The summed E-state index contributed by atoms with van der Waals surface area (Å²) in [5.41, 5.74) is 1.30. The molecular formula is C18H24BrNO. The van der Waals surface area contributed by atoms with Crippen LogP contribution >= 0.6 is 15.9 Å². The Morgan fingerprint density at radius 2 is 1.81 bits per heavy atom. The quantitative estimate of drug-likeness (QED) is 0.671. The molecule has 0 aliphatic carbocycles. The molecule has 0 aliphatic rings. The minimum Gasteiger partial charge on any atom is -0.379 e. The Bertz CT molecular complexity index is 570. The molecule has 1 unspecified atom stereocenters. The fraction of sp³-hybridized carbons (Fsp3) is 0.444. The van der Waals surface area contributed by atoms with Crippen molar-refractivity contribution in [2.24, 2.45) is 0 Å². The second-order valence-electron chi connectivity index (χ2n) is 5.33. The lowest BCUT2D eigenvalue weighted by Crippen LogP contribution is -2.26. The third kappa shape index (κ3) is 4.80. The molecule has 2 nitrogen and oxygen atoms in total. The summed E-state index contributed by atoms with van der Waals surface area (Å²) in [5, 5.41) is 6.12. The van der Waals surface area contributed by atoms with Gasteiger partial charge in [0, 0.05) is 11.1 Å². The minimum absolute atomic E-state index is 0.268. The molecular weight excluding hydrogens is 326 g/mol. The molecule has 0 spiro atoms. The van der Waals surface area contributed by atoms with Crippen molar-refractivity contribution in [3.05, 3.63) is 46.4 Å². The number of ether oxygens (including phenoxy) is 1. The maximum absolute atomic E-state index is 5.76. The zero-order valence-electron chi connectivity index (χ0n) is 12.9. The van der Waals surface area contributed by atoms with Gasteiger partial charge in [-0.25, -0.2) is 0 Å². The van der Waals surface area contributed by atoms with Gasteiger partial charge >= 0.3 is 0 Å². The van der Waals surface area contributed by atoms with Gasteiger partial charge < -0.3 is 10.1 Å². The molecule has 0 radical (unpaired) electrons. The van der Waals surface area contributed by atoms with E-state index in [1.54, 1.807) is 0 Å². The molecule has 1 atom stereocenters. The van der Waals surface area contributed by atoms with Crippen molar-refractivity contribution in [1.82, 2.24) is 5.32 Å². The maximum Gasteiger partial charge on any atom is 0.0661 e. The van der Waals surface area contributed by atoms with E-state index in [1.165, 1.54) is 16.3 Å². The van der Waals surface area contributed by atoms with E-state index in [9.17, 15) is 0 Å². The second-order valence-corrected chi connectivity index (χ2v) is 6.25. The normalized spacial score (nSPS) is 12.7. The van der Waals surface area contributed by atoms with Gasteiger partial charge in [0.1, 0.15) is 0 Å². The van der Waals surface area contributed by atoms with Gasteiger partial charge in [0.2, 0.25) is 0 Å². The first-order valence-corrected chi connectivity index (χ1v) is 8.54. The predicted molar refractivity (Wildman–Crippen MR) is 93.8 cm³/mol. The molecule has 0 saturated heterocycles. The van der Waals surface area contributed by atoms with Gasteiger partial charge in [-0.3, -0.25) is 0 Å². The van der Waals surface area contributed by atoms with Gasteiger partial charge in [-0.15, -0.1) is 0 Å². The van der Waals surface area contributed by atoms with Crippen LogP contribution in [0.3, 0.4) is 0 Å². The van der Waals surface area contributed by atoms with Crippen LogP contribution in [0.15, 0.2) is 40.9 Å². The van der Waals surface area contributed by atoms with E-state index in [2.05, 4.69) is 71.5 Å². The number of fused-ring (bicyclic) bond motifs is 1. The third-order valence-electron chi connectivity index (χ3n) is 3.50. The highest BCUT2D eigenvalue weighted by atomic mass is 79.9. The monoisotopic (exact) mass is 349 g/mol. The average Bonchev–Trinajstić information content (AvgIpc) is 2.50. The summed E-state index contributed by atoms with van der Waals surface area (Å²) in [6.07, 6.45) is 2.19. The smallest absolute Gasteiger partial charge is 0.0661 e. The van der Waals surface area contributed by atoms with Crippen LogP contribution in [-0.4, -0.2) is 19.8 Å². The van der Waals surface area contributed by atoms with Gasteiger partial charge in [0.25, 0.3) is 0 Å². The molecule has 0 amide bonds. The molecule has 2 aromatic rings. The molecule has 2 aromatic carbocycles. The van der Waals surface area contributed by atoms with Gasteiger partial charge in [-0.2, -0.15) is 0 Å². The number of hydrogen-bond donors (Lipinski definition) is 1. The molecule has 0 fully saturated rings. The van der Waals surface area contributed by atoms with E-state index in [1.807, 2.05) is 0 Å². The van der Waals surface area contributed by atoms with E-state index in [0.29, 0.717) is 0 Å². The topological polar surface area (TPSA) is 21.3 Å². The molecule has 1 N–H and O–H groups in total. The predicted octanol–water partition coefficient (Wildman–Crippen LogP) is 5.07. The minimum atomic E-state index is 0.268. The number of rotatable bonds is 8. The molecule has 0 saturated carbocycles. The lowest BCUT2D eigenvalue weighted by molar-refractivity contribution is 0.112. The van der Waals surface area contributed by atoms with Crippen molar-refractivity contribution in [3.63, 3.8) is 0 Å². The van der Waals surface area contributed by atoms with E-state index in [-0.39, 0.29) is 6.04 Å². The van der Waals surface area contributed by atoms with Crippen LogP contribution < -0.4 is 5.32 Å². The molecule has 2 rings (SSSR count). The van der Waals surface area contributed by atoms with Gasteiger partial charge in [-0.05, 0) is 53.9 Å². The number of benzene rings is 2. The van der Waals surface area contributed by atoms with Crippen LogP contribution in [0.2, 0.25) is 0 Å². The van der Waals surface area contributed by atoms with E-state index in [0.717, 1.165) is 37.1 Å². The van der Waals surface area contributed by atoms with E-state index < -0.39 is 0 Å². The molecule has 0 aliphatic heterocycles. The summed E-state index contributed by atoms with van der Waals surface area (Å²) in [6, 6.07) is 13.3. The maximum atomic E-state index is 5.76. The van der Waals surface area contributed by atoms with Crippen LogP contribution in [0, 0.1) is 0 Å². The van der Waals surface area contributed by atoms with E-state index >= 15 is 0 Å². The van der Waals surface area contributed by atoms with Gasteiger partial charge in [0.15, 0.2) is 0 Å². The molecule has 21 heavy (non-hydrogen) atoms. The molecule has 3 heteroatoms. The third-order valence-corrected chi connectivity index (χ3v) is 4.00. The second kappa shape index (κ2) is 8.52. The molecule has 114 valence electrons. The van der Waals surface area contributed by atoms with Gasteiger partial charge in [-0.1, -0.05) is 48.0 Å². The largest absolute Gasteiger partial charge is 0.379 e. The summed E-state index contributed by atoms with van der Waals surface area (Å²) in [6.45, 7) is 6.90. The Hall–Kier alpha value is -0.900. The van der Waals surface area contributed by atoms with Crippen molar-refractivity contribution in [2.75, 3.05) is 19.8 Å². The fourth-order valence-electron chi connectivity index (χ4n) is 2.39. The highest BCUT2D eigenvalue weighted by Gasteiger charge is 2.11. The number of halogens is 1. The van der Waals surface area contributed by atoms with Crippen molar-refractivity contribution >= 4 is 26.7 Å². The number of hydrogen-bond acceptors (Lipinski definition) is 2. The van der Waals surface area contributed by atoms with Crippen LogP contribution in [0.5, 0.6) is 0 Å². The SMILES string of the molecule is CCCNC(COCCC)c1ccc2cc(Br)ccc2c1. The van der Waals surface area contributed by atoms with Crippen LogP contribution in [0.25, 0.3) is 10.8 Å². The van der Waals surface area contributed by atoms with Crippen LogP contribution in [0.1, 0.15) is 38.3 Å². The molecule has 0 bridgehead atoms. The van der Waals surface area contributed by atoms with Crippen LogP contribution in [0.4, 0.5) is 0 Å². The van der Waals surface area contributed by atoms with Crippen molar-refractivity contribution in [2.45, 2.75) is 32.7 Å². The first-order chi connectivity index (χ1) is 10.2. The first kappa shape index (κ1) is 16.5. The highest BCUT2D eigenvalue weighted by Crippen LogP contribution is 2.24. The Kier molecular flexibility index (Phi) is 6.68. The first-order valence-electron chi connectivity index (χ1n) is 7.75. The summed E-state index contributed by atoms with van der Waals surface area (Å²) in [5.74, 6) is 0. The zero-order chi connectivity index (χ0) is 15.1. The Balaban J connectivity index is 2.19. The summed E-state index contributed by atoms with van der Waals surface area (Å²) < 4.78 is 6.88. The van der Waals surface area contributed by atoms with Crippen LogP contribution in [-0.2, 0) is 4.74 Å². The molecule has 0 aromatic heterocycles. The summed E-state index contributed by atoms with van der Waals surface area (Å²) >= 11 is 3.52. The number of nitrogens with one attached hydrogen (secondary N) is 1. The van der Waals surface area contributed by atoms with Crippen molar-refractivity contribution < 1.29 is 4.74 Å². The fourth-order valence-corrected chi connectivity index (χ4v) is 2.77. The summed E-state index contributed by atoms with van der Waals surface area (Å²) in [7, 11) is 0. The lowest BCUT2D eigenvalue weighted by atomic mass is 10.0. The molecule has 0 heterocycles. The standard InChI is InChI=1S/C18H24BrNO/c1-3-9-20-18(13-21-10-4-2)16-6-5-15-12-17(19)8-7-14(15)11-16/h5-8,11-12,18,20H,3-4,9-10,13H2,1-2H3. The average molecular weight is 350 g/mol. The Morgan fingerprint density at radius 3 is 2.57 bits per heavy atom. The Morgan fingerprint density at radius 1 is 1.05 bits per heavy atom. The van der Waals surface area contributed by atoms with E-state index in [4.69, 9.17) is 4.74 Å².